The summed E-state index contributed by atoms with van der Waals surface area (Å²) in [5.74, 6) is 0.443. The molecule has 1 aliphatic rings. The van der Waals surface area contributed by atoms with Crippen LogP contribution in [0.25, 0.3) is 0 Å². The number of aliphatic hydroxyl groups is 1. The predicted molar refractivity (Wildman–Crippen MR) is 61.9 cm³/mol. The summed E-state index contributed by atoms with van der Waals surface area (Å²) in [5, 5.41) is 13.0. The lowest BCUT2D eigenvalue weighted by molar-refractivity contribution is 0.0255. The molecule has 0 bridgehead atoms. The monoisotopic (exact) mass is 226 g/mol. The molecule has 84 valence electrons. The number of hydrogen-bond donors (Lipinski definition) is 1. The third-order valence-corrected chi connectivity index (χ3v) is 3.88. The second-order valence-corrected chi connectivity index (χ2v) is 5.49. The highest BCUT2D eigenvalue weighted by atomic mass is 32.1. The third-order valence-electron chi connectivity index (χ3n) is 3.05. The SMILES string of the molecule is Cc1nc(CN2CCC(C)C(O)C2)cs1. The molecule has 0 amide bonds. The minimum absolute atomic E-state index is 0.168. The average Bonchev–Trinajstić information content (AvgIpc) is 2.58. The van der Waals surface area contributed by atoms with Gasteiger partial charge in [0.05, 0.1) is 16.8 Å². The molecule has 0 aromatic carbocycles. The van der Waals surface area contributed by atoms with Crippen LogP contribution in [0.1, 0.15) is 24.0 Å². The van der Waals surface area contributed by atoms with Crippen molar-refractivity contribution in [3.05, 3.63) is 16.1 Å². The summed E-state index contributed by atoms with van der Waals surface area (Å²) in [7, 11) is 0. The highest BCUT2D eigenvalue weighted by molar-refractivity contribution is 7.09. The molecule has 1 aromatic heterocycles. The third kappa shape index (κ3) is 2.77. The quantitative estimate of drug-likeness (QED) is 0.833. The molecule has 0 aliphatic carbocycles. The summed E-state index contributed by atoms with van der Waals surface area (Å²) in [6.45, 7) is 6.90. The van der Waals surface area contributed by atoms with Gasteiger partial charge in [-0.05, 0) is 25.8 Å². The van der Waals surface area contributed by atoms with Gasteiger partial charge in [-0.1, -0.05) is 6.92 Å². The van der Waals surface area contributed by atoms with Crippen molar-refractivity contribution in [1.29, 1.82) is 0 Å². The van der Waals surface area contributed by atoms with E-state index in [1.165, 1.54) is 0 Å². The van der Waals surface area contributed by atoms with E-state index in [0.717, 1.165) is 36.8 Å². The van der Waals surface area contributed by atoms with Gasteiger partial charge < -0.3 is 5.11 Å². The number of β-amino-alcohol motifs (C(OH)–C–C–N with tert-alkyl or cyclic N) is 1. The van der Waals surface area contributed by atoms with Crippen molar-refractivity contribution in [1.82, 2.24) is 9.88 Å². The van der Waals surface area contributed by atoms with Gasteiger partial charge in [-0.3, -0.25) is 4.90 Å². The van der Waals surface area contributed by atoms with Crippen molar-refractivity contribution in [2.45, 2.75) is 32.9 Å². The maximum absolute atomic E-state index is 9.77. The van der Waals surface area contributed by atoms with Crippen molar-refractivity contribution in [3.63, 3.8) is 0 Å². The molecular weight excluding hydrogens is 208 g/mol. The Bertz CT molecular complexity index is 326. The van der Waals surface area contributed by atoms with Gasteiger partial charge in [0.2, 0.25) is 0 Å². The largest absolute Gasteiger partial charge is 0.392 e. The lowest BCUT2D eigenvalue weighted by Gasteiger charge is -2.33. The van der Waals surface area contributed by atoms with Crippen LogP contribution >= 0.6 is 11.3 Å². The van der Waals surface area contributed by atoms with Crippen molar-refractivity contribution in [2.75, 3.05) is 13.1 Å². The number of hydrogen-bond acceptors (Lipinski definition) is 4. The Labute approximate surface area is 94.8 Å². The fourth-order valence-corrected chi connectivity index (χ4v) is 2.57. The van der Waals surface area contributed by atoms with Crippen LogP contribution < -0.4 is 0 Å². The maximum Gasteiger partial charge on any atom is 0.0897 e. The van der Waals surface area contributed by atoms with Gasteiger partial charge in [-0.2, -0.15) is 0 Å². The molecule has 2 atom stereocenters. The van der Waals surface area contributed by atoms with Gasteiger partial charge in [0.25, 0.3) is 0 Å². The van der Waals surface area contributed by atoms with E-state index in [0.29, 0.717) is 5.92 Å². The minimum atomic E-state index is -0.168. The van der Waals surface area contributed by atoms with Crippen LogP contribution in [-0.2, 0) is 6.54 Å². The van der Waals surface area contributed by atoms with E-state index in [2.05, 4.69) is 22.2 Å². The molecule has 1 N–H and O–H groups in total. The van der Waals surface area contributed by atoms with E-state index in [9.17, 15) is 5.11 Å². The molecule has 3 nitrogen and oxygen atoms in total. The smallest absolute Gasteiger partial charge is 0.0897 e. The van der Waals surface area contributed by atoms with Crippen molar-refractivity contribution >= 4 is 11.3 Å². The maximum atomic E-state index is 9.77. The van der Waals surface area contributed by atoms with Crippen molar-refractivity contribution in [3.8, 4) is 0 Å². The molecule has 1 saturated heterocycles. The molecule has 2 rings (SSSR count). The van der Waals surface area contributed by atoms with Crippen LogP contribution in [0.4, 0.5) is 0 Å². The number of aliphatic hydroxyl groups excluding tert-OH is 1. The lowest BCUT2D eigenvalue weighted by Crippen LogP contribution is -2.42. The Kier molecular flexibility index (Phi) is 3.38. The second kappa shape index (κ2) is 4.60. The van der Waals surface area contributed by atoms with Crippen LogP contribution in [-0.4, -0.2) is 34.2 Å². The first-order chi connectivity index (χ1) is 7.15. The molecular formula is C11H18N2OS. The summed E-state index contributed by atoms with van der Waals surface area (Å²) in [5.41, 5.74) is 1.14. The fourth-order valence-electron chi connectivity index (χ4n) is 1.97. The number of nitrogens with zero attached hydrogens (tertiary/aromatic N) is 2. The summed E-state index contributed by atoms with van der Waals surface area (Å²) in [6, 6.07) is 0. The van der Waals surface area contributed by atoms with Crippen LogP contribution in [0, 0.1) is 12.8 Å². The van der Waals surface area contributed by atoms with Gasteiger partial charge in [-0.15, -0.1) is 11.3 Å². The topological polar surface area (TPSA) is 36.4 Å². The van der Waals surface area contributed by atoms with Crippen molar-refractivity contribution < 1.29 is 5.11 Å². The molecule has 2 unspecified atom stereocenters. The minimum Gasteiger partial charge on any atom is -0.392 e. The van der Waals surface area contributed by atoms with Crippen LogP contribution in [0.15, 0.2) is 5.38 Å². The highest BCUT2D eigenvalue weighted by Crippen LogP contribution is 2.19. The standard InChI is InChI=1S/C11H18N2OS/c1-8-3-4-13(6-11(8)14)5-10-7-15-9(2)12-10/h7-8,11,14H,3-6H2,1-2H3. The van der Waals surface area contributed by atoms with Crippen LogP contribution in [0.3, 0.4) is 0 Å². The van der Waals surface area contributed by atoms with E-state index in [-0.39, 0.29) is 6.10 Å². The zero-order valence-electron chi connectivity index (χ0n) is 9.31. The van der Waals surface area contributed by atoms with E-state index in [1.54, 1.807) is 11.3 Å². The predicted octanol–water partition coefficient (Wildman–Crippen LogP) is 1.65. The Balaban J connectivity index is 1.90. The molecule has 0 spiro atoms. The molecule has 0 saturated carbocycles. The van der Waals surface area contributed by atoms with E-state index >= 15 is 0 Å². The highest BCUT2D eigenvalue weighted by Gasteiger charge is 2.24. The molecule has 1 fully saturated rings. The van der Waals surface area contributed by atoms with Gasteiger partial charge in [0.15, 0.2) is 0 Å². The van der Waals surface area contributed by atoms with Gasteiger partial charge in [0.1, 0.15) is 0 Å². The lowest BCUT2D eigenvalue weighted by atomic mass is 9.96. The van der Waals surface area contributed by atoms with Gasteiger partial charge in [0, 0.05) is 18.5 Å². The Morgan fingerprint density at radius 1 is 1.67 bits per heavy atom. The summed E-state index contributed by atoms with van der Waals surface area (Å²) in [6.07, 6.45) is 0.920. The molecule has 1 aromatic rings. The van der Waals surface area contributed by atoms with Gasteiger partial charge in [-0.25, -0.2) is 4.98 Å². The van der Waals surface area contributed by atoms with Crippen molar-refractivity contribution in [2.24, 2.45) is 5.92 Å². The number of thiazole rings is 1. The molecule has 4 heteroatoms. The average molecular weight is 226 g/mol. The molecule has 15 heavy (non-hydrogen) atoms. The summed E-state index contributed by atoms with van der Waals surface area (Å²) < 4.78 is 0. The first-order valence-electron chi connectivity index (χ1n) is 5.46. The fraction of sp³-hybridized carbons (Fsp3) is 0.727. The number of aromatic nitrogens is 1. The van der Waals surface area contributed by atoms with Crippen LogP contribution in [0.5, 0.6) is 0 Å². The van der Waals surface area contributed by atoms with E-state index in [4.69, 9.17) is 0 Å². The van der Waals surface area contributed by atoms with Gasteiger partial charge >= 0.3 is 0 Å². The molecule has 1 aliphatic heterocycles. The molecule has 0 radical (unpaired) electrons. The van der Waals surface area contributed by atoms with E-state index < -0.39 is 0 Å². The summed E-state index contributed by atoms with van der Waals surface area (Å²) in [4.78, 5) is 6.73. The van der Waals surface area contributed by atoms with E-state index in [1.807, 2.05) is 6.92 Å². The number of rotatable bonds is 2. The number of piperidine rings is 1. The Morgan fingerprint density at radius 2 is 2.47 bits per heavy atom. The normalized spacial score (nSPS) is 28.2. The van der Waals surface area contributed by atoms with Crippen LogP contribution in [0.2, 0.25) is 0 Å². The zero-order valence-corrected chi connectivity index (χ0v) is 10.1. The zero-order chi connectivity index (χ0) is 10.8. The Hall–Kier alpha value is -0.450. The second-order valence-electron chi connectivity index (χ2n) is 4.43. The first-order valence-corrected chi connectivity index (χ1v) is 6.34. The Morgan fingerprint density at radius 3 is 3.07 bits per heavy atom. The first kappa shape index (κ1) is 11.0. The summed E-state index contributed by atoms with van der Waals surface area (Å²) >= 11 is 1.69. The number of likely N-dealkylation sites (tertiary alicyclic amines) is 1. The number of aryl methyl sites for hydroxylation is 1. The molecule has 2 heterocycles.